The molecule has 3 rings (SSSR count). The van der Waals surface area contributed by atoms with E-state index in [-0.39, 0.29) is 18.4 Å². The predicted octanol–water partition coefficient (Wildman–Crippen LogP) is 2.90. The van der Waals surface area contributed by atoms with E-state index in [9.17, 15) is 18.0 Å². The van der Waals surface area contributed by atoms with Crippen LogP contribution in [0.4, 0.5) is 5.69 Å². The van der Waals surface area contributed by atoms with Crippen LogP contribution in [0, 0.1) is 0 Å². The molecule has 1 atom stereocenters. The molecule has 2 aromatic rings. The normalized spacial score (nSPS) is 16.5. The molecule has 0 aliphatic carbocycles. The molecule has 142 valence electrons. The number of fused-ring (bicyclic) bond motifs is 1. The van der Waals surface area contributed by atoms with Gasteiger partial charge in [0.25, 0.3) is 0 Å². The SMILES string of the molecule is C[C@H]1Cc2cc(C(=O)COC(=O)/C=C/c3ccsc3)ccc2N1S(C)(=O)=O. The summed E-state index contributed by atoms with van der Waals surface area (Å²) in [6.07, 6.45) is 4.61. The molecule has 1 aliphatic rings. The summed E-state index contributed by atoms with van der Waals surface area (Å²) in [7, 11) is -3.37. The van der Waals surface area contributed by atoms with Gasteiger partial charge in [0.2, 0.25) is 10.0 Å². The van der Waals surface area contributed by atoms with Gasteiger partial charge >= 0.3 is 5.97 Å². The minimum atomic E-state index is -3.37. The first-order chi connectivity index (χ1) is 12.8. The molecule has 8 heteroatoms. The van der Waals surface area contributed by atoms with Gasteiger partial charge in [-0.1, -0.05) is 0 Å². The van der Waals surface area contributed by atoms with Crippen LogP contribution in [-0.4, -0.2) is 39.1 Å². The van der Waals surface area contributed by atoms with Crippen LogP contribution in [0.1, 0.15) is 28.4 Å². The molecule has 0 saturated heterocycles. The van der Waals surface area contributed by atoms with Crippen molar-refractivity contribution in [2.75, 3.05) is 17.2 Å². The predicted molar refractivity (Wildman–Crippen MR) is 106 cm³/mol. The maximum atomic E-state index is 12.3. The van der Waals surface area contributed by atoms with E-state index in [1.807, 2.05) is 23.8 Å². The Hall–Kier alpha value is -2.45. The summed E-state index contributed by atoms with van der Waals surface area (Å²) in [4.78, 5) is 24.0. The Kier molecular flexibility index (Phi) is 5.48. The van der Waals surface area contributed by atoms with Crippen molar-refractivity contribution < 1.29 is 22.7 Å². The number of sulfonamides is 1. The number of nitrogens with zero attached hydrogens (tertiary/aromatic N) is 1. The van der Waals surface area contributed by atoms with Crippen molar-refractivity contribution in [1.29, 1.82) is 0 Å². The van der Waals surface area contributed by atoms with Gasteiger partial charge in [-0.05, 0) is 65.6 Å². The molecule has 0 fully saturated rings. The number of hydrogen-bond donors (Lipinski definition) is 0. The summed E-state index contributed by atoms with van der Waals surface area (Å²) in [6, 6.07) is 6.54. The van der Waals surface area contributed by atoms with Gasteiger partial charge in [-0.15, -0.1) is 0 Å². The highest BCUT2D eigenvalue weighted by molar-refractivity contribution is 7.92. The van der Waals surface area contributed by atoms with E-state index in [0.29, 0.717) is 17.7 Å². The zero-order valence-corrected chi connectivity index (χ0v) is 16.5. The summed E-state index contributed by atoms with van der Waals surface area (Å²) in [6.45, 7) is 1.46. The number of carbonyl (C=O) groups excluding carboxylic acids is 2. The molecular formula is C19H19NO5S2. The van der Waals surface area contributed by atoms with Gasteiger partial charge in [0.15, 0.2) is 12.4 Å². The summed E-state index contributed by atoms with van der Waals surface area (Å²) >= 11 is 1.52. The molecule has 1 aromatic heterocycles. The van der Waals surface area contributed by atoms with E-state index in [0.717, 1.165) is 11.1 Å². The van der Waals surface area contributed by atoms with Crippen molar-refractivity contribution in [2.24, 2.45) is 0 Å². The molecule has 0 amide bonds. The van der Waals surface area contributed by atoms with Gasteiger partial charge in [0, 0.05) is 17.7 Å². The average molecular weight is 405 g/mol. The molecular weight excluding hydrogens is 386 g/mol. The number of esters is 1. The van der Waals surface area contributed by atoms with Crippen molar-refractivity contribution in [1.82, 2.24) is 0 Å². The molecule has 27 heavy (non-hydrogen) atoms. The third-order valence-corrected chi connectivity index (χ3v) is 6.19. The number of ether oxygens (including phenoxy) is 1. The van der Waals surface area contributed by atoms with E-state index < -0.39 is 16.0 Å². The van der Waals surface area contributed by atoms with E-state index >= 15 is 0 Å². The van der Waals surface area contributed by atoms with Crippen LogP contribution in [0.3, 0.4) is 0 Å². The highest BCUT2D eigenvalue weighted by atomic mass is 32.2. The highest BCUT2D eigenvalue weighted by Crippen LogP contribution is 2.34. The second-order valence-electron chi connectivity index (χ2n) is 6.38. The molecule has 1 aromatic carbocycles. The first-order valence-electron chi connectivity index (χ1n) is 8.28. The molecule has 0 unspecified atom stereocenters. The lowest BCUT2D eigenvalue weighted by molar-refractivity contribution is -0.136. The quantitative estimate of drug-likeness (QED) is 0.419. The molecule has 6 nitrogen and oxygen atoms in total. The zero-order chi connectivity index (χ0) is 19.6. The third kappa shape index (κ3) is 4.45. The van der Waals surface area contributed by atoms with E-state index in [2.05, 4.69) is 0 Å². The Morgan fingerprint density at radius 3 is 2.78 bits per heavy atom. The van der Waals surface area contributed by atoms with Gasteiger partial charge in [-0.2, -0.15) is 11.3 Å². The second-order valence-corrected chi connectivity index (χ2v) is 9.02. The largest absolute Gasteiger partial charge is 0.454 e. The van der Waals surface area contributed by atoms with Crippen LogP contribution in [0.15, 0.2) is 41.1 Å². The van der Waals surface area contributed by atoms with Gasteiger partial charge in [-0.25, -0.2) is 13.2 Å². The van der Waals surface area contributed by atoms with E-state index in [4.69, 9.17) is 4.74 Å². The van der Waals surface area contributed by atoms with Crippen LogP contribution in [0.2, 0.25) is 0 Å². The van der Waals surface area contributed by atoms with Crippen molar-refractivity contribution in [2.45, 2.75) is 19.4 Å². The van der Waals surface area contributed by atoms with Crippen LogP contribution < -0.4 is 4.31 Å². The number of hydrogen-bond acceptors (Lipinski definition) is 6. The highest BCUT2D eigenvalue weighted by Gasteiger charge is 2.32. The van der Waals surface area contributed by atoms with Crippen molar-refractivity contribution in [3.63, 3.8) is 0 Å². The number of anilines is 1. The number of ketones is 1. The maximum Gasteiger partial charge on any atom is 0.331 e. The topological polar surface area (TPSA) is 80.8 Å². The molecule has 2 heterocycles. The van der Waals surface area contributed by atoms with Gasteiger partial charge in [0.05, 0.1) is 11.9 Å². The molecule has 0 radical (unpaired) electrons. The number of Topliss-reactive ketones (excluding diaryl/α,β-unsaturated/α-hetero) is 1. The van der Waals surface area contributed by atoms with Gasteiger partial charge < -0.3 is 4.74 Å². The number of benzene rings is 1. The summed E-state index contributed by atoms with van der Waals surface area (Å²) in [5.41, 5.74) is 2.68. The first kappa shape index (κ1) is 19.3. The van der Waals surface area contributed by atoms with Crippen LogP contribution in [0.25, 0.3) is 6.08 Å². The first-order valence-corrected chi connectivity index (χ1v) is 11.1. The fourth-order valence-electron chi connectivity index (χ4n) is 3.08. The number of carbonyl (C=O) groups is 2. The Bertz CT molecular complexity index is 993. The lowest BCUT2D eigenvalue weighted by atomic mass is 10.0. The minimum Gasteiger partial charge on any atom is -0.454 e. The summed E-state index contributed by atoms with van der Waals surface area (Å²) in [5, 5.41) is 3.79. The number of rotatable bonds is 6. The fourth-order valence-corrected chi connectivity index (χ4v) is 4.98. The lowest BCUT2D eigenvalue weighted by Crippen LogP contribution is -2.34. The molecule has 0 saturated carbocycles. The third-order valence-electron chi connectivity index (χ3n) is 4.21. The maximum absolute atomic E-state index is 12.3. The standard InChI is InChI=1S/C19H19NO5S2/c1-13-9-16-10-15(4-5-17(16)20(13)27(2,23)24)18(21)11-25-19(22)6-3-14-7-8-26-12-14/h3-8,10,12-13H,9,11H2,1-2H3/b6-3+/t13-/m0/s1. The summed E-state index contributed by atoms with van der Waals surface area (Å²) in [5.74, 6) is -0.923. The molecule has 1 aliphatic heterocycles. The minimum absolute atomic E-state index is 0.194. The van der Waals surface area contributed by atoms with E-state index in [1.165, 1.54) is 28.0 Å². The lowest BCUT2D eigenvalue weighted by Gasteiger charge is -2.21. The molecule has 0 bridgehead atoms. The number of thiophene rings is 1. The second kappa shape index (κ2) is 7.66. The molecule has 0 N–H and O–H groups in total. The van der Waals surface area contributed by atoms with Gasteiger partial charge in [-0.3, -0.25) is 9.10 Å². The van der Waals surface area contributed by atoms with Crippen molar-refractivity contribution >= 4 is 44.9 Å². The Balaban J connectivity index is 1.65. The Morgan fingerprint density at radius 1 is 1.33 bits per heavy atom. The van der Waals surface area contributed by atoms with E-state index in [1.54, 1.807) is 24.3 Å². The fraction of sp³-hybridized carbons (Fsp3) is 0.263. The average Bonchev–Trinajstić information content (AvgIpc) is 3.22. The molecule has 0 spiro atoms. The summed E-state index contributed by atoms with van der Waals surface area (Å²) < 4.78 is 30.3. The van der Waals surface area contributed by atoms with Crippen LogP contribution in [0.5, 0.6) is 0 Å². The van der Waals surface area contributed by atoms with Gasteiger partial charge in [0.1, 0.15) is 0 Å². The zero-order valence-electron chi connectivity index (χ0n) is 14.9. The Morgan fingerprint density at radius 2 is 2.11 bits per heavy atom. The van der Waals surface area contributed by atoms with Crippen LogP contribution >= 0.6 is 11.3 Å². The Labute approximate surface area is 162 Å². The van der Waals surface area contributed by atoms with Crippen molar-refractivity contribution in [3.8, 4) is 0 Å². The smallest absolute Gasteiger partial charge is 0.331 e. The van der Waals surface area contributed by atoms with Crippen LogP contribution in [-0.2, 0) is 26.0 Å². The monoisotopic (exact) mass is 405 g/mol. The van der Waals surface area contributed by atoms with Crippen molar-refractivity contribution in [3.05, 3.63) is 57.8 Å².